The fraction of sp³-hybridized carbons (Fsp3) is 0.632. The summed E-state index contributed by atoms with van der Waals surface area (Å²) in [6.07, 6.45) is 14.3. The van der Waals surface area contributed by atoms with E-state index in [-0.39, 0.29) is 5.54 Å². The van der Waals surface area contributed by atoms with Crippen LogP contribution in [0.1, 0.15) is 81.3 Å². The molecule has 0 aromatic heterocycles. The lowest BCUT2D eigenvalue weighted by Gasteiger charge is -2.25. The molecule has 0 atom stereocenters. The number of benzene rings is 1. The Morgan fingerprint density at radius 3 is 2.38 bits per heavy atom. The van der Waals surface area contributed by atoms with Crippen LogP contribution in [0, 0.1) is 0 Å². The smallest absolute Gasteiger partial charge is 0.211 e. The van der Waals surface area contributed by atoms with Gasteiger partial charge in [0, 0.05) is 0 Å². The third-order valence-electron chi connectivity index (χ3n) is 5.44. The molecule has 3 rings (SSSR count). The van der Waals surface area contributed by atoms with Crippen molar-refractivity contribution in [1.29, 1.82) is 0 Å². The Morgan fingerprint density at radius 2 is 1.71 bits per heavy atom. The molecule has 0 N–H and O–H groups in total. The maximum atomic E-state index is 10.9. The fourth-order valence-corrected chi connectivity index (χ4v) is 4.21. The largest absolute Gasteiger partial charge is 0.235 e. The first-order valence-electron chi connectivity index (χ1n) is 8.53. The van der Waals surface area contributed by atoms with Gasteiger partial charge in [0.1, 0.15) is 0 Å². The molecule has 0 radical (unpaired) electrons. The number of isocyanates is 1. The van der Waals surface area contributed by atoms with Crippen LogP contribution in [0.5, 0.6) is 0 Å². The van der Waals surface area contributed by atoms with Gasteiger partial charge in [0.2, 0.25) is 6.08 Å². The van der Waals surface area contributed by atoms with Gasteiger partial charge in [-0.3, -0.25) is 0 Å². The van der Waals surface area contributed by atoms with E-state index in [9.17, 15) is 4.79 Å². The topological polar surface area (TPSA) is 29.4 Å². The molecule has 0 amide bonds. The van der Waals surface area contributed by atoms with Crippen LogP contribution in [0.2, 0.25) is 0 Å². The van der Waals surface area contributed by atoms with E-state index >= 15 is 0 Å². The number of hydrogen-bond acceptors (Lipinski definition) is 2. The van der Waals surface area contributed by atoms with E-state index in [1.54, 1.807) is 0 Å². The number of hydrogen-bond donors (Lipinski definition) is 0. The van der Waals surface area contributed by atoms with E-state index in [2.05, 4.69) is 29.3 Å². The Balaban J connectivity index is 1.89. The highest BCUT2D eigenvalue weighted by Crippen LogP contribution is 2.43. The molecule has 2 aliphatic rings. The van der Waals surface area contributed by atoms with Gasteiger partial charge < -0.3 is 0 Å². The molecule has 0 heterocycles. The van der Waals surface area contributed by atoms with E-state index in [0.717, 1.165) is 12.8 Å². The van der Waals surface area contributed by atoms with E-state index < -0.39 is 0 Å². The van der Waals surface area contributed by atoms with Gasteiger partial charge >= 0.3 is 0 Å². The quantitative estimate of drug-likeness (QED) is 0.424. The van der Waals surface area contributed by atoms with E-state index in [4.69, 9.17) is 0 Å². The number of carbonyl (C=O) groups excluding carboxylic acids is 1. The average molecular weight is 283 g/mol. The molecule has 0 spiro atoms. The molecule has 0 unspecified atom stereocenters. The van der Waals surface area contributed by atoms with Crippen molar-refractivity contribution in [3.8, 4) is 0 Å². The Bertz CT molecular complexity index is 516. The van der Waals surface area contributed by atoms with Gasteiger partial charge in [-0.05, 0) is 42.7 Å². The summed E-state index contributed by atoms with van der Waals surface area (Å²) in [5, 5.41) is 0. The molecule has 1 aromatic carbocycles. The minimum absolute atomic E-state index is 0.275. The second kappa shape index (κ2) is 6.58. The summed E-state index contributed by atoms with van der Waals surface area (Å²) in [5.74, 6) is 0.700. The molecular weight excluding hydrogens is 258 g/mol. The van der Waals surface area contributed by atoms with Crippen LogP contribution in [0.25, 0.3) is 0 Å². The zero-order valence-electron chi connectivity index (χ0n) is 12.8. The molecule has 2 aliphatic carbocycles. The normalized spacial score (nSPS) is 22.5. The Morgan fingerprint density at radius 1 is 1.00 bits per heavy atom. The molecule has 0 aliphatic heterocycles. The van der Waals surface area contributed by atoms with Crippen LogP contribution >= 0.6 is 0 Å². The molecule has 112 valence electrons. The number of nitrogens with zero attached hydrogens (tertiary/aromatic N) is 1. The first-order chi connectivity index (χ1) is 10.3. The highest BCUT2D eigenvalue weighted by molar-refractivity contribution is 5.40. The number of aliphatic imine (C=N–C) groups is 1. The second-order valence-corrected chi connectivity index (χ2v) is 6.76. The van der Waals surface area contributed by atoms with Crippen LogP contribution < -0.4 is 0 Å². The summed E-state index contributed by atoms with van der Waals surface area (Å²) in [5.41, 5.74) is 2.43. The second-order valence-electron chi connectivity index (χ2n) is 6.76. The minimum atomic E-state index is -0.275. The lowest BCUT2D eigenvalue weighted by atomic mass is 9.84. The lowest BCUT2D eigenvalue weighted by Crippen LogP contribution is -2.19. The Labute approximate surface area is 127 Å². The van der Waals surface area contributed by atoms with Crippen molar-refractivity contribution in [2.45, 2.75) is 75.7 Å². The van der Waals surface area contributed by atoms with Gasteiger partial charge in [-0.1, -0.05) is 62.8 Å². The molecule has 0 bridgehead atoms. The maximum Gasteiger partial charge on any atom is 0.235 e. The predicted molar refractivity (Wildman–Crippen MR) is 85.2 cm³/mol. The molecule has 2 fully saturated rings. The molecule has 1 aromatic rings. The zero-order valence-corrected chi connectivity index (χ0v) is 12.8. The third-order valence-corrected chi connectivity index (χ3v) is 5.44. The highest BCUT2D eigenvalue weighted by Gasteiger charge is 2.35. The molecule has 21 heavy (non-hydrogen) atoms. The first kappa shape index (κ1) is 14.5. The van der Waals surface area contributed by atoms with Gasteiger partial charge in [-0.15, -0.1) is 0 Å². The van der Waals surface area contributed by atoms with E-state index in [0.29, 0.717) is 5.92 Å². The molecule has 2 nitrogen and oxygen atoms in total. The SMILES string of the molecule is O=C=NC1(c2cccc(C3CCCCCC3)c2)CCCC1. The summed E-state index contributed by atoms with van der Waals surface area (Å²) >= 11 is 0. The highest BCUT2D eigenvalue weighted by atomic mass is 16.1. The Hall–Kier alpha value is -1.40. The monoisotopic (exact) mass is 283 g/mol. The van der Waals surface area contributed by atoms with Crippen LogP contribution in [0.3, 0.4) is 0 Å². The van der Waals surface area contributed by atoms with Crippen molar-refractivity contribution in [3.05, 3.63) is 35.4 Å². The number of rotatable bonds is 3. The van der Waals surface area contributed by atoms with Crippen LogP contribution in [0.15, 0.2) is 29.3 Å². The van der Waals surface area contributed by atoms with Crippen molar-refractivity contribution < 1.29 is 4.79 Å². The average Bonchev–Trinajstić information content (AvgIpc) is 2.83. The van der Waals surface area contributed by atoms with Crippen LogP contribution in [-0.4, -0.2) is 6.08 Å². The van der Waals surface area contributed by atoms with Gasteiger partial charge in [0.05, 0.1) is 5.54 Å². The van der Waals surface area contributed by atoms with Crippen molar-refractivity contribution in [1.82, 2.24) is 0 Å². The standard InChI is InChI=1S/C19H25NO/c21-15-20-19(12-5-6-13-19)18-11-7-10-17(14-18)16-8-3-1-2-4-9-16/h7,10-11,14,16H,1-6,8-9,12-13H2. The summed E-state index contributed by atoms with van der Waals surface area (Å²) in [6.45, 7) is 0. The zero-order chi connectivity index (χ0) is 14.5. The molecule has 2 saturated carbocycles. The molecule has 0 saturated heterocycles. The van der Waals surface area contributed by atoms with Crippen LogP contribution in [0.4, 0.5) is 0 Å². The van der Waals surface area contributed by atoms with Crippen LogP contribution in [-0.2, 0) is 10.3 Å². The van der Waals surface area contributed by atoms with E-state index in [1.807, 2.05) is 6.08 Å². The van der Waals surface area contributed by atoms with Gasteiger partial charge in [0.15, 0.2) is 0 Å². The summed E-state index contributed by atoms with van der Waals surface area (Å²) in [7, 11) is 0. The molecular formula is C19H25NO. The predicted octanol–water partition coefficient (Wildman–Crippen LogP) is 5.23. The van der Waals surface area contributed by atoms with Crippen molar-refractivity contribution in [2.24, 2.45) is 4.99 Å². The van der Waals surface area contributed by atoms with Crippen molar-refractivity contribution in [2.75, 3.05) is 0 Å². The van der Waals surface area contributed by atoms with Gasteiger partial charge in [-0.25, -0.2) is 4.79 Å². The fourth-order valence-electron chi connectivity index (χ4n) is 4.21. The maximum absolute atomic E-state index is 10.9. The van der Waals surface area contributed by atoms with Crippen molar-refractivity contribution in [3.63, 3.8) is 0 Å². The summed E-state index contributed by atoms with van der Waals surface area (Å²) in [4.78, 5) is 15.1. The minimum Gasteiger partial charge on any atom is -0.211 e. The molecule has 2 heteroatoms. The van der Waals surface area contributed by atoms with Gasteiger partial charge in [-0.2, -0.15) is 4.99 Å². The first-order valence-corrected chi connectivity index (χ1v) is 8.53. The van der Waals surface area contributed by atoms with Gasteiger partial charge in [0.25, 0.3) is 0 Å². The lowest BCUT2D eigenvalue weighted by molar-refractivity contribution is 0.454. The van der Waals surface area contributed by atoms with E-state index in [1.165, 1.54) is 62.5 Å². The Kier molecular flexibility index (Phi) is 4.55. The summed E-state index contributed by atoms with van der Waals surface area (Å²) in [6, 6.07) is 8.93. The summed E-state index contributed by atoms with van der Waals surface area (Å²) < 4.78 is 0. The third kappa shape index (κ3) is 3.11. The van der Waals surface area contributed by atoms with Crippen molar-refractivity contribution >= 4 is 6.08 Å².